The van der Waals surface area contributed by atoms with Gasteiger partial charge in [-0.25, -0.2) is 4.79 Å². The minimum atomic E-state index is -1.30. The maximum absolute atomic E-state index is 12.3. The van der Waals surface area contributed by atoms with Crippen LogP contribution in [0.15, 0.2) is 0 Å². The molecule has 4 saturated heterocycles. The average Bonchev–Trinajstić information content (AvgIpc) is 3.65. The average molecular weight is 737 g/mol. The van der Waals surface area contributed by atoms with Gasteiger partial charge in [-0.1, -0.05) is 12.8 Å². The van der Waals surface area contributed by atoms with E-state index >= 15 is 0 Å². The molecular formula is C32H56N4O13S. The molecule has 0 unspecified atom stereocenters. The number of aliphatic hydroxyl groups is 4. The van der Waals surface area contributed by atoms with Crippen molar-refractivity contribution in [2.45, 2.75) is 137 Å². The SMILES string of the molecule is CO[C@@H]1[C@H](O)[C@@H](O[C@H]2O[C@H](C)[C@H](O)[C@H](O)[C@H]2OC)[C@H](OCCCCCC(=O)NCCNC(=O)CCCC[C@@H]2SC[C@@H]3NC(=O)N[C@@H]32)O[C@@H]1CO. The summed E-state index contributed by atoms with van der Waals surface area (Å²) in [6.45, 7) is 2.02. The van der Waals surface area contributed by atoms with E-state index in [2.05, 4.69) is 21.3 Å². The second kappa shape index (κ2) is 20.4. The number of aliphatic hydroxyl groups excluding tert-OH is 4. The van der Waals surface area contributed by atoms with E-state index < -0.39 is 68.0 Å². The molecule has 4 aliphatic heterocycles. The number of carbonyl (C=O) groups is 3. The summed E-state index contributed by atoms with van der Waals surface area (Å²) in [4.78, 5) is 36.0. The first-order valence-electron chi connectivity index (χ1n) is 17.6. The number of carbonyl (C=O) groups excluding carboxylic acids is 3. The van der Waals surface area contributed by atoms with Crippen LogP contribution in [0.4, 0.5) is 4.79 Å². The van der Waals surface area contributed by atoms with E-state index in [0.717, 1.165) is 25.0 Å². The van der Waals surface area contributed by atoms with Gasteiger partial charge in [0.25, 0.3) is 0 Å². The molecule has 0 aromatic rings. The van der Waals surface area contributed by atoms with Crippen molar-refractivity contribution in [2.24, 2.45) is 0 Å². The van der Waals surface area contributed by atoms with Crippen molar-refractivity contribution in [3.8, 4) is 0 Å². The van der Waals surface area contributed by atoms with Gasteiger partial charge in [0.05, 0.1) is 24.8 Å². The third-order valence-corrected chi connectivity index (χ3v) is 11.1. The molecule has 8 N–H and O–H groups in total. The van der Waals surface area contributed by atoms with Crippen molar-refractivity contribution in [1.29, 1.82) is 0 Å². The van der Waals surface area contributed by atoms with Gasteiger partial charge in [0.1, 0.15) is 42.7 Å². The highest BCUT2D eigenvalue weighted by molar-refractivity contribution is 8.00. The molecule has 0 radical (unpaired) electrons. The highest BCUT2D eigenvalue weighted by Gasteiger charge is 2.51. The summed E-state index contributed by atoms with van der Waals surface area (Å²) >= 11 is 1.86. The fourth-order valence-corrected chi connectivity index (χ4v) is 8.29. The Kier molecular flexibility index (Phi) is 16.7. The summed E-state index contributed by atoms with van der Waals surface area (Å²) in [5.74, 6) is 0.753. The van der Waals surface area contributed by atoms with Gasteiger partial charge in [0.2, 0.25) is 11.8 Å². The lowest BCUT2D eigenvalue weighted by Gasteiger charge is -2.47. The molecule has 4 heterocycles. The molecule has 4 fully saturated rings. The Labute approximate surface area is 297 Å². The lowest BCUT2D eigenvalue weighted by molar-refractivity contribution is -0.367. The number of methoxy groups -OCH3 is 2. The molecule has 0 aromatic heterocycles. The van der Waals surface area contributed by atoms with E-state index in [1.807, 2.05) is 11.8 Å². The predicted octanol–water partition coefficient (Wildman–Crippen LogP) is -1.52. The normalized spacial score (nSPS) is 36.8. The van der Waals surface area contributed by atoms with Crippen molar-refractivity contribution in [3.63, 3.8) is 0 Å². The highest BCUT2D eigenvalue weighted by atomic mass is 32.2. The van der Waals surface area contributed by atoms with Crippen LogP contribution in [0.3, 0.4) is 0 Å². The van der Waals surface area contributed by atoms with Gasteiger partial charge in [0.15, 0.2) is 12.6 Å². The fraction of sp³-hybridized carbons (Fsp3) is 0.906. The molecule has 18 heteroatoms. The van der Waals surface area contributed by atoms with Crippen LogP contribution in [0.25, 0.3) is 0 Å². The Bertz CT molecular complexity index is 1080. The topological polar surface area (TPSA) is 236 Å². The van der Waals surface area contributed by atoms with Gasteiger partial charge in [0, 0.05) is 57.8 Å². The Balaban J connectivity index is 1.08. The lowest BCUT2D eigenvalue weighted by Crippen LogP contribution is -2.64. The number of urea groups is 1. The van der Waals surface area contributed by atoms with Gasteiger partial charge < -0.3 is 70.1 Å². The molecule has 50 heavy (non-hydrogen) atoms. The van der Waals surface area contributed by atoms with Crippen molar-refractivity contribution in [2.75, 3.05) is 46.3 Å². The summed E-state index contributed by atoms with van der Waals surface area (Å²) in [5, 5.41) is 53.6. The summed E-state index contributed by atoms with van der Waals surface area (Å²) < 4.78 is 34.3. The standard InChI is InChI=1S/C32H56N4O13S/c1-17-24(40)25(41)28(45-3)31(47-17)49-29-26(42)27(44-2)19(15-37)48-30(29)46-14-8-4-5-10-21(38)33-12-13-34-22(39)11-7-6-9-20-23-18(16-50-20)35-32(43)36-23/h17-20,23-31,37,40-42H,4-16H2,1-3H3,(H,33,38)(H,34,39)(H2,35,36,43)/t17-,18+,19-,20+,23+,24+,25+,26+,27+,28-,29-,30-,31-/m1/s1. The van der Waals surface area contributed by atoms with Crippen molar-refractivity contribution < 1.29 is 63.2 Å². The van der Waals surface area contributed by atoms with E-state index in [4.69, 9.17) is 28.4 Å². The minimum absolute atomic E-state index is 0.0482. The molecule has 13 atom stereocenters. The Morgan fingerprint density at radius 3 is 2.20 bits per heavy atom. The number of hydrogen-bond donors (Lipinski definition) is 8. The minimum Gasteiger partial charge on any atom is -0.394 e. The fourth-order valence-electron chi connectivity index (χ4n) is 6.75. The van der Waals surface area contributed by atoms with Crippen molar-refractivity contribution >= 4 is 29.6 Å². The van der Waals surface area contributed by atoms with Gasteiger partial charge in [-0.05, 0) is 32.6 Å². The van der Waals surface area contributed by atoms with Crippen LogP contribution in [0, 0.1) is 0 Å². The van der Waals surface area contributed by atoms with E-state index in [-0.39, 0.29) is 36.5 Å². The first-order valence-corrected chi connectivity index (χ1v) is 18.6. The summed E-state index contributed by atoms with van der Waals surface area (Å²) in [6, 6.07) is 0.284. The highest BCUT2D eigenvalue weighted by Crippen LogP contribution is 2.34. The maximum atomic E-state index is 12.3. The van der Waals surface area contributed by atoms with Gasteiger partial charge in [-0.2, -0.15) is 11.8 Å². The van der Waals surface area contributed by atoms with Crippen LogP contribution in [-0.2, 0) is 38.0 Å². The quantitative estimate of drug-likeness (QED) is 0.0524. The van der Waals surface area contributed by atoms with E-state index in [1.54, 1.807) is 6.92 Å². The Morgan fingerprint density at radius 1 is 0.860 bits per heavy atom. The number of amides is 4. The second-order valence-electron chi connectivity index (χ2n) is 13.2. The van der Waals surface area contributed by atoms with Crippen LogP contribution < -0.4 is 21.3 Å². The number of hydrogen-bond acceptors (Lipinski definition) is 14. The molecule has 0 aromatic carbocycles. The van der Waals surface area contributed by atoms with Crippen LogP contribution in [-0.4, -0.2) is 163 Å². The molecule has 0 spiro atoms. The van der Waals surface area contributed by atoms with E-state index in [1.165, 1.54) is 14.2 Å². The molecule has 4 amide bonds. The van der Waals surface area contributed by atoms with Gasteiger partial charge >= 0.3 is 6.03 Å². The summed E-state index contributed by atoms with van der Waals surface area (Å²) in [6.07, 6.45) is -5.72. The predicted molar refractivity (Wildman–Crippen MR) is 179 cm³/mol. The molecule has 288 valence electrons. The van der Waals surface area contributed by atoms with Crippen LogP contribution >= 0.6 is 11.8 Å². The van der Waals surface area contributed by atoms with Crippen LogP contribution in [0.5, 0.6) is 0 Å². The first kappa shape index (κ1) is 40.9. The molecule has 0 aliphatic carbocycles. The number of rotatable bonds is 20. The molecule has 17 nitrogen and oxygen atoms in total. The monoisotopic (exact) mass is 736 g/mol. The zero-order valence-electron chi connectivity index (χ0n) is 29.1. The molecular weight excluding hydrogens is 680 g/mol. The van der Waals surface area contributed by atoms with Gasteiger partial charge in [-0.15, -0.1) is 0 Å². The van der Waals surface area contributed by atoms with Crippen LogP contribution in [0.1, 0.15) is 58.3 Å². The number of unbranched alkanes of at least 4 members (excludes halogenated alkanes) is 3. The van der Waals surface area contributed by atoms with Gasteiger partial charge in [-0.3, -0.25) is 9.59 Å². The number of ether oxygens (including phenoxy) is 6. The third kappa shape index (κ3) is 11.1. The largest absolute Gasteiger partial charge is 0.394 e. The first-order chi connectivity index (χ1) is 24.1. The summed E-state index contributed by atoms with van der Waals surface area (Å²) in [5.41, 5.74) is 0. The molecule has 0 saturated carbocycles. The summed E-state index contributed by atoms with van der Waals surface area (Å²) in [7, 11) is 2.70. The third-order valence-electron chi connectivity index (χ3n) is 9.60. The lowest BCUT2D eigenvalue weighted by atomic mass is 9.97. The van der Waals surface area contributed by atoms with Crippen molar-refractivity contribution in [3.05, 3.63) is 0 Å². The van der Waals surface area contributed by atoms with E-state index in [0.29, 0.717) is 50.4 Å². The molecule has 4 rings (SSSR count). The molecule has 0 bridgehead atoms. The second-order valence-corrected chi connectivity index (χ2v) is 14.4. The number of fused-ring (bicyclic) bond motifs is 1. The van der Waals surface area contributed by atoms with Crippen molar-refractivity contribution in [1.82, 2.24) is 21.3 Å². The number of nitrogens with one attached hydrogen (secondary N) is 4. The number of thioether (sulfide) groups is 1. The van der Waals surface area contributed by atoms with E-state index in [9.17, 15) is 34.8 Å². The smallest absolute Gasteiger partial charge is 0.315 e. The maximum Gasteiger partial charge on any atom is 0.315 e. The molecule has 4 aliphatic rings. The zero-order chi connectivity index (χ0) is 36.2. The van der Waals surface area contributed by atoms with Crippen LogP contribution in [0.2, 0.25) is 0 Å². The Morgan fingerprint density at radius 2 is 1.54 bits per heavy atom. The Hall–Kier alpha value is -1.84. The zero-order valence-corrected chi connectivity index (χ0v) is 29.9.